The van der Waals surface area contributed by atoms with Crippen LogP contribution in [0.3, 0.4) is 0 Å². The first kappa shape index (κ1) is 84.3. The Morgan fingerprint density at radius 1 is 0.449 bits per heavy atom. The van der Waals surface area contributed by atoms with E-state index in [0.29, 0.717) is 64.2 Å². The van der Waals surface area contributed by atoms with Crippen LogP contribution in [0.1, 0.15) is 120 Å². The van der Waals surface area contributed by atoms with Crippen molar-refractivity contribution < 1.29 is 178 Å². The molecule has 0 aromatic rings. The van der Waals surface area contributed by atoms with E-state index in [9.17, 15) is 107 Å². The van der Waals surface area contributed by atoms with E-state index in [2.05, 4.69) is 40.7 Å². The van der Waals surface area contributed by atoms with E-state index >= 15 is 4.79 Å². The first-order chi connectivity index (χ1) is 50.3. The molecule has 5 aliphatic carbocycles. The number of allylic oxidation sites excluding steroid dienone is 2. The normalized spacial score (nSPS) is 55.1. The van der Waals surface area contributed by atoms with Gasteiger partial charge in [0.1, 0.15) is 153 Å². The molecule has 7 aliphatic heterocycles. The van der Waals surface area contributed by atoms with Crippen LogP contribution in [0.25, 0.3) is 0 Å². The summed E-state index contributed by atoms with van der Waals surface area (Å²) in [5.74, 6) is -1.31. The number of hydrogen-bond donors (Lipinski definition) is 21. The van der Waals surface area contributed by atoms with Crippen LogP contribution >= 0.6 is 0 Å². The zero-order valence-electron chi connectivity index (χ0n) is 61.3. The van der Waals surface area contributed by atoms with Gasteiger partial charge in [-0.2, -0.15) is 0 Å². The molecule has 36 heteroatoms. The van der Waals surface area contributed by atoms with Crippen LogP contribution < -0.4 is 0 Å². The summed E-state index contributed by atoms with van der Waals surface area (Å²) in [6.45, 7) is 11.8. The Kier molecular flexibility index (Phi) is 25.3. The second-order valence-electron chi connectivity index (χ2n) is 34.1. The maximum atomic E-state index is 15.4. The van der Waals surface area contributed by atoms with Crippen molar-refractivity contribution >= 4 is 5.97 Å². The Morgan fingerprint density at radius 2 is 0.953 bits per heavy atom. The second-order valence-corrected chi connectivity index (χ2v) is 34.1. The Bertz CT molecular complexity index is 3030. The molecular weight excluding hydrogens is 1430 g/mol. The molecule has 4 saturated carbocycles. The molecule has 12 aliphatic rings. The fourth-order valence-corrected chi connectivity index (χ4v) is 20.5. The van der Waals surface area contributed by atoms with Crippen molar-refractivity contribution in [3.8, 4) is 0 Å². The van der Waals surface area contributed by atoms with Gasteiger partial charge in [0.25, 0.3) is 0 Å². The summed E-state index contributed by atoms with van der Waals surface area (Å²) in [6, 6.07) is 0. The molecule has 7 saturated heterocycles. The highest BCUT2D eigenvalue weighted by Crippen LogP contribution is 2.76. The van der Waals surface area contributed by atoms with Gasteiger partial charge in [0.05, 0.1) is 63.4 Å². The Labute approximate surface area is 618 Å². The molecule has 0 bridgehead atoms. The zero-order chi connectivity index (χ0) is 78.0. The molecule has 0 aromatic heterocycles. The molecular formula is C71H116O36. The van der Waals surface area contributed by atoms with Gasteiger partial charge < -0.3 is 174 Å². The van der Waals surface area contributed by atoms with Crippen LogP contribution in [-0.2, 0) is 71.1 Å². The number of carbonyl (C=O) groups excluding carboxylic acids is 1. The fourth-order valence-electron chi connectivity index (χ4n) is 20.5. The molecule has 43 atom stereocenters. The van der Waals surface area contributed by atoms with Gasteiger partial charge in [-0.05, 0) is 117 Å². The maximum absolute atomic E-state index is 15.4. The molecule has 7 heterocycles. The number of fused-ring (bicyclic) bond motifs is 7. The van der Waals surface area contributed by atoms with Crippen LogP contribution in [0.4, 0.5) is 0 Å². The smallest absolute Gasteiger partial charge is 0.315 e. The van der Waals surface area contributed by atoms with E-state index in [4.69, 9.17) is 66.3 Å². The molecule has 0 aromatic carbocycles. The predicted molar refractivity (Wildman–Crippen MR) is 353 cm³/mol. The van der Waals surface area contributed by atoms with Crippen molar-refractivity contribution in [2.75, 3.05) is 39.6 Å². The molecule has 107 heavy (non-hydrogen) atoms. The maximum Gasteiger partial charge on any atom is 0.315 e. The van der Waals surface area contributed by atoms with Crippen LogP contribution in [0.15, 0.2) is 11.6 Å². The van der Waals surface area contributed by atoms with E-state index < -0.39 is 281 Å². The molecule has 0 amide bonds. The highest BCUT2D eigenvalue weighted by atomic mass is 16.8. The summed E-state index contributed by atoms with van der Waals surface area (Å²) in [7, 11) is 0. The highest BCUT2D eigenvalue weighted by molar-refractivity contribution is 5.79. The van der Waals surface area contributed by atoms with Crippen molar-refractivity contribution in [1.82, 2.24) is 0 Å². The Balaban J connectivity index is 0.753. The summed E-state index contributed by atoms with van der Waals surface area (Å²) < 4.78 is 84.0. The third kappa shape index (κ3) is 14.8. The number of hydrogen-bond acceptors (Lipinski definition) is 36. The van der Waals surface area contributed by atoms with Gasteiger partial charge in [-0.25, -0.2) is 0 Å². The largest absolute Gasteiger partial charge is 0.432 e. The molecule has 11 fully saturated rings. The van der Waals surface area contributed by atoms with E-state index in [-0.39, 0.29) is 29.8 Å². The number of aliphatic hydroxyl groups is 21. The number of ether oxygens (including phenoxy) is 14. The topological polar surface area (TPSA) is 571 Å². The van der Waals surface area contributed by atoms with E-state index in [1.54, 1.807) is 0 Å². The van der Waals surface area contributed by atoms with Gasteiger partial charge in [0.15, 0.2) is 37.7 Å². The Morgan fingerprint density at radius 3 is 1.56 bits per heavy atom. The summed E-state index contributed by atoms with van der Waals surface area (Å²) in [5.41, 5.74) is -2.77. The third-order valence-corrected chi connectivity index (χ3v) is 27.4. The summed E-state index contributed by atoms with van der Waals surface area (Å²) in [6.07, 6.45) is -51.5. The second kappa shape index (κ2) is 32.1. The summed E-state index contributed by atoms with van der Waals surface area (Å²) in [4.78, 5) is 15.4. The van der Waals surface area contributed by atoms with Crippen LogP contribution in [-0.4, -0.2) is 368 Å². The fraction of sp³-hybridized carbons (Fsp3) is 0.958. The van der Waals surface area contributed by atoms with E-state index in [1.165, 1.54) is 13.8 Å². The van der Waals surface area contributed by atoms with Crippen molar-refractivity contribution in [1.29, 1.82) is 0 Å². The lowest BCUT2D eigenvalue weighted by atomic mass is 9.33. The highest BCUT2D eigenvalue weighted by Gasteiger charge is 2.71. The lowest BCUT2D eigenvalue weighted by molar-refractivity contribution is -0.391. The molecule has 0 radical (unpaired) electrons. The van der Waals surface area contributed by atoms with Crippen molar-refractivity contribution in [2.24, 2.45) is 50.2 Å². The van der Waals surface area contributed by atoms with Gasteiger partial charge in [-0.15, -0.1) is 0 Å². The van der Waals surface area contributed by atoms with Crippen LogP contribution in [0.5, 0.6) is 0 Å². The van der Waals surface area contributed by atoms with Gasteiger partial charge >= 0.3 is 5.97 Å². The molecule has 616 valence electrons. The quantitative estimate of drug-likeness (QED) is 0.0325. The first-order valence-corrected chi connectivity index (χ1v) is 37.7. The van der Waals surface area contributed by atoms with Crippen molar-refractivity contribution in [3.05, 3.63) is 11.6 Å². The van der Waals surface area contributed by atoms with Gasteiger partial charge in [-0.1, -0.05) is 53.2 Å². The standard InChI is InChI=1S/C71H116O36/c1-26-38(76)44(82)49(87)59(96-26)104-55-32(22-74)100-58(53(91)48(55)86)94-23-33-42(80)47(85)52(90)62(101-33)107-65(93)71-17-15-66(3,4)19-29(71)28-9-10-36-67(5)13-12-37(68(6,25-75)35(67)11-14-70(36,8)69(28,7)16-18-71)103-64-57(43(81)34(24-95-64)102-60-50(88)45(83)40(78)30(20-72)98-60)106-63-54(92)56(39(77)27(2)97-63)105-61-51(89)46(84)41(79)31(21-73)99-61/h9,26-27,29-64,72-92H,10-25H2,1-8H3/t26-,27-,29-,30+,31+,32+,33+,34-,35+,36+,37-,38-,39-,40+,41+,42+,43-,44+,45-,46-,47-,48+,49+,50+,51+,52+,53+,54+,55+,56+,57+,58+,59-,60-,61-,62-,63-,64-,67-,68-,69+,70+,71-/m0/s1. The van der Waals surface area contributed by atoms with Gasteiger partial charge in [0.2, 0.25) is 6.29 Å². The molecule has 0 spiro atoms. The van der Waals surface area contributed by atoms with E-state index in [0.717, 1.165) is 5.57 Å². The predicted octanol–water partition coefficient (Wildman–Crippen LogP) is -6.90. The number of carbonyl (C=O) groups is 1. The average molecular weight is 1550 g/mol. The summed E-state index contributed by atoms with van der Waals surface area (Å²) >= 11 is 0. The number of aliphatic hydroxyl groups excluding tert-OH is 21. The van der Waals surface area contributed by atoms with Crippen molar-refractivity contribution in [3.63, 3.8) is 0 Å². The lowest BCUT2D eigenvalue weighted by Gasteiger charge is -2.71. The van der Waals surface area contributed by atoms with E-state index in [1.807, 2.05) is 6.92 Å². The van der Waals surface area contributed by atoms with Gasteiger partial charge in [0, 0.05) is 5.41 Å². The average Bonchev–Trinajstić information content (AvgIpc) is 0.673. The Hall–Kier alpha value is -2.15. The number of rotatable bonds is 19. The molecule has 36 nitrogen and oxygen atoms in total. The van der Waals surface area contributed by atoms with Crippen LogP contribution in [0, 0.1) is 50.2 Å². The minimum atomic E-state index is -2.01. The minimum Gasteiger partial charge on any atom is -0.432 e. The van der Waals surface area contributed by atoms with Gasteiger partial charge in [-0.3, -0.25) is 4.79 Å². The third-order valence-electron chi connectivity index (χ3n) is 27.4. The van der Waals surface area contributed by atoms with Crippen molar-refractivity contribution in [2.45, 2.75) is 335 Å². The number of esters is 1. The summed E-state index contributed by atoms with van der Waals surface area (Å²) in [5, 5.41) is 230. The lowest BCUT2D eigenvalue weighted by Crippen LogP contribution is -2.67. The SMILES string of the molecule is C[C@@H]1O[C@@H](O[C@H]2[C@H](O)[C@@H](O)[C@H](OC[C@H]3O[C@@H](OC(=O)[C@]45CCC(C)(C)C[C@H]4C4=CC[C@@H]6[C@@]7(C)CC[C@H](O[C@@H]8OC[C@H](O[C@@H]9O[C@H](CO)[C@@H](O)[C@H](O)[C@H]9O)[C@H](O)[C@H]8O[C@@H]8O[C@@H](C)[C@H](O)[C@@H](O[C@@H]9O[C@H](CO)[C@@H](O)[C@H](O)[C@H]9O)[C@H]8O)[C@@](C)(CO)[C@@H]7CC[C@@]6(C)[C@]4(C)CC5)[C@H](O)[C@@H](O)[C@@H]3O)O[C@@H]2CO)[C@H](O)[C@H](O)[C@H]1O. The minimum absolute atomic E-state index is 0.0135. The molecule has 12 rings (SSSR count). The monoisotopic (exact) mass is 1540 g/mol. The molecule has 21 N–H and O–H groups in total. The zero-order valence-corrected chi connectivity index (χ0v) is 61.3. The first-order valence-electron chi connectivity index (χ1n) is 37.7. The molecule has 0 unspecified atom stereocenters. The van der Waals surface area contributed by atoms with Crippen LogP contribution in [0.2, 0.25) is 0 Å².